The van der Waals surface area contributed by atoms with E-state index in [0.29, 0.717) is 6.54 Å². The van der Waals surface area contributed by atoms with Crippen LogP contribution in [0.1, 0.15) is 28.9 Å². The highest BCUT2D eigenvalue weighted by atomic mass is 32.1. The molecule has 4 nitrogen and oxygen atoms in total. The van der Waals surface area contributed by atoms with Crippen LogP contribution in [0.25, 0.3) is 0 Å². The summed E-state index contributed by atoms with van der Waals surface area (Å²) < 4.78 is 4.34. The van der Waals surface area contributed by atoms with Crippen LogP contribution in [-0.4, -0.2) is 15.9 Å². The van der Waals surface area contributed by atoms with Crippen LogP contribution in [0.15, 0.2) is 24.3 Å². The zero-order chi connectivity index (χ0) is 13.2. The molecule has 18 heavy (non-hydrogen) atoms. The lowest BCUT2D eigenvalue weighted by Gasteiger charge is -2.17. The first-order valence-electron chi connectivity index (χ1n) is 5.89. The summed E-state index contributed by atoms with van der Waals surface area (Å²) in [6.07, 6.45) is 0.734. The lowest BCUT2D eigenvalue weighted by molar-refractivity contribution is 0.503. The maximum atomic E-state index is 6.05. The van der Waals surface area contributed by atoms with Gasteiger partial charge >= 0.3 is 0 Å². The van der Waals surface area contributed by atoms with E-state index in [-0.39, 0.29) is 0 Å². The Hall–Kier alpha value is -1.30. The second-order valence-corrected chi connectivity index (χ2v) is 5.55. The lowest BCUT2D eigenvalue weighted by atomic mass is 10.1. The summed E-state index contributed by atoms with van der Waals surface area (Å²) in [6.45, 7) is 4.32. The van der Waals surface area contributed by atoms with E-state index >= 15 is 0 Å². The maximum absolute atomic E-state index is 6.05. The number of aryl methyl sites for hydroxylation is 1. The molecule has 1 atom stereocenters. The minimum atomic E-state index is -0.580. The Morgan fingerprint density at radius 1 is 1.28 bits per heavy atom. The maximum Gasteiger partial charge on any atom is 0.147 e. The van der Waals surface area contributed by atoms with E-state index in [9.17, 15) is 0 Å². The van der Waals surface area contributed by atoms with E-state index in [2.05, 4.69) is 40.5 Å². The molecule has 0 aliphatic heterocycles. The van der Waals surface area contributed by atoms with Gasteiger partial charge in [0.25, 0.3) is 0 Å². The number of nitrogens with two attached hydrogens (primary N) is 2. The molecule has 0 fully saturated rings. The number of aromatic nitrogens is 2. The number of nitrogens with zero attached hydrogens (tertiary/aromatic N) is 2. The van der Waals surface area contributed by atoms with Crippen LogP contribution in [-0.2, 0) is 12.0 Å². The smallest absolute Gasteiger partial charge is 0.147 e. The van der Waals surface area contributed by atoms with E-state index in [1.165, 1.54) is 22.7 Å². The Labute approximate surface area is 111 Å². The van der Waals surface area contributed by atoms with Gasteiger partial charge in [-0.1, -0.05) is 29.8 Å². The summed E-state index contributed by atoms with van der Waals surface area (Å²) >= 11 is 1.34. The summed E-state index contributed by atoms with van der Waals surface area (Å²) in [5.74, 6) is 0.809. The summed E-state index contributed by atoms with van der Waals surface area (Å²) in [7, 11) is 0. The van der Waals surface area contributed by atoms with E-state index in [1.807, 2.05) is 6.92 Å². The molecule has 1 heterocycles. The number of benzene rings is 1. The highest BCUT2D eigenvalue weighted by molar-refractivity contribution is 7.05. The lowest BCUT2D eigenvalue weighted by Crippen LogP contribution is -2.40. The third-order valence-electron chi connectivity index (χ3n) is 2.86. The van der Waals surface area contributed by atoms with E-state index in [4.69, 9.17) is 11.5 Å². The first-order chi connectivity index (χ1) is 8.51. The fraction of sp³-hybridized carbons (Fsp3) is 0.385. The molecule has 2 rings (SSSR count). The molecule has 5 heteroatoms. The van der Waals surface area contributed by atoms with Gasteiger partial charge in [-0.05, 0) is 30.9 Å². The van der Waals surface area contributed by atoms with Gasteiger partial charge in [-0.25, -0.2) is 4.98 Å². The highest BCUT2D eigenvalue weighted by Crippen LogP contribution is 2.19. The van der Waals surface area contributed by atoms with Gasteiger partial charge in [-0.3, -0.25) is 0 Å². The highest BCUT2D eigenvalue weighted by Gasteiger charge is 2.23. The van der Waals surface area contributed by atoms with Gasteiger partial charge in [0.2, 0.25) is 0 Å². The normalized spacial score (nSPS) is 14.4. The molecule has 1 unspecified atom stereocenters. The molecular weight excluding hydrogens is 244 g/mol. The van der Waals surface area contributed by atoms with E-state index < -0.39 is 5.54 Å². The summed E-state index contributed by atoms with van der Waals surface area (Å²) in [5, 5.41) is 0.798. The van der Waals surface area contributed by atoms with Gasteiger partial charge in [-0.2, -0.15) is 4.37 Å². The van der Waals surface area contributed by atoms with Gasteiger partial charge in [-0.15, -0.1) is 0 Å². The van der Waals surface area contributed by atoms with Crippen LogP contribution in [0.5, 0.6) is 0 Å². The van der Waals surface area contributed by atoms with Crippen molar-refractivity contribution >= 4 is 11.5 Å². The number of rotatable bonds is 4. The van der Waals surface area contributed by atoms with Crippen LogP contribution >= 0.6 is 11.5 Å². The molecule has 96 valence electrons. The molecule has 0 aliphatic carbocycles. The number of hydrogen-bond donors (Lipinski definition) is 2. The molecule has 0 saturated heterocycles. The first-order valence-corrected chi connectivity index (χ1v) is 6.66. The van der Waals surface area contributed by atoms with Crippen molar-refractivity contribution in [2.24, 2.45) is 11.5 Å². The molecule has 0 aliphatic rings. The molecule has 0 saturated carbocycles. The molecule has 0 amide bonds. The fourth-order valence-corrected chi connectivity index (χ4v) is 2.27. The van der Waals surface area contributed by atoms with Crippen LogP contribution < -0.4 is 11.5 Å². The van der Waals surface area contributed by atoms with Crippen molar-refractivity contribution in [3.8, 4) is 0 Å². The largest absolute Gasteiger partial charge is 0.328 e. The van der Waals surface area contributed by atoms with Gasteiger partial charge in [0, 0.05) is 13.0 Å². The van der Waals surface area contributed by atoms with Crippen LogP contribution in [0.2, 0.25) is 0 Å². The summed E-state index contributed by atoms with van der Waals surface area (Å²) in [5.41, 5.74) is 13.6. The minimum Gasteiger partial charge on any atom is -0.328 e. The Morgan fingerprint density at radius 3 is 2.56 bits per heavy atom. The predicted molar refractivity (Wildman–Crippen MR) is 74.5 cm³/mol. The molecule has 2 aromatic rings. The van der Waals surface area contributed by atoms with Crippen molar-refractivity contribution in [3.63, 3.8) is 0 Å². The second-order valence-electron chi connectivity index (χ2n) is 4.80. The molecule has 4 N–H and O–H groups in total. The van der Waals surface area contributed by atoms with Gasteiger partial charge in [0.05, 0.1) is 5.54 Å². The van der Waals surface area contributed by atoms with Crippen LogP contribution in [0.4, 0.5) is 0 Å². The van der Waals surface area contributed by atoms with Crippen molar-refractivity contribution in [2.75, 3.05) is 6.54 Å². The number of hydrogen-bond acceptors (Lipinski definition) is 5. The summed E-state index contributed by atoms with van der Waals surface area (Å²) in [6, 6.07) is 8.38. The monoisotopic (exact) mass is 262 g/mol. The average molecular weight is 262 g/mol. The molecule has 1 aromatic heterocycles. The molecule has 1 aromatic carbocycles. The van der Waals surface area contributed by atoms with Crippen molar-refractivity contribution in [1.29, 1.82) is 0 Å². The predicted octanol–water partition coefficient (Wildman–Crippen LogP) is 1.57. The van der Waals surface area contributed by atoms with Crippen LogP contribution in [0.3, 0.4) is 0 Å². The second kappa shape index (κ2) is 5.14. The Morgan fingerprint density at radius 2 is 1.94 bits per heavy atom. The van der Waals surface area contributed by atoms with Crippen molar-refractivity contribution in [1.82, 2.24) is 9.36 Å². The van der Waals surface area contributed by atoms with Gasteiger partial charge < -0.3 is 11.5 Å². The van der Waals surface area contributed by atoms with Crippen molar-refractivity contribution in [2.45, 2.75) is 25.8 Å². The van der Waals surface area contributed by atoms with Crippen molar-refractivity contribution < 1.29 is 0 Å². The molecule has 0 radical (unpaired) electrons. The molecule has 0 bridgehead atoms. The van der Waals surface area contributed by atoms with Gasteiger partial charge in [0.1, 0.15) is 10.8 Å². The molecule has 0 spiro atoms. The SMILES string of the molecule is Cc1ccc(Cc2nsc(C(C)(N)CN)n2)cc1. The average Bonchev–Trinajstić information content (AvgIpc) is 2.81. The topological polar surface area (TPSA) is 77.8 Å². The van der Waals surface area contributed by atoms with Crippen molar-refractivity contribution in [3.05, 3.63) is 46.2 Å². The van der Waals surface area contributed by atoms with E-state index in [1.54, 1.807) is 0 Å². The zero-order valence-electron chi connectivity index (χ0n) is 10.7. The fourth-order valence-electron chi connectivity index (χ4n) is 1.53. The minimum absolute atomic E-state index is 0.367. The van der Waals surface area contributed by atoms with E-state index in [0.717, 1.165) is 17.3 Å². The third-order valence-corrected chi connectivity index (χ3v) is 3.90. The Kier molecular flexibility index (Phi) is 3.75. The summed E-state index contributed by atoms with van der Waals surface area (Å²) in [4.78, 5) is 4.47. The first kappa shape index (κ1) is 13.1. The molecular formula is C13H18N4S. The van der Waals surface area contributed by atoms with Crippen LogP contribution in [0, 0.1) is 6.92 Å². The van der Waals surface area contributed by atoms with Gasteiger partial charge in [0.15, 0.2) is 0 Å². The Balaban J connectivity index is 2.14. The Bertz CT molecular complexity index is 516. The quantitative estimate of drug-likeness (QED) is 0.876. The zero-order valence-corrected chi connectivity index (χ0v) is 11.5. The third kappa shape index (κ3) is 2.93. The standard InChI is InChI=1S/C13H18N4S/c1-9-3-5-10(6-4-9)7-11-16-12(18-17-11)13(2,15)8-14/h3-6H,7-8,14-15H2,1-2H3.